The smallest absolute Gasteiger partial charge is 0.428 e. The number of alkyl halides is 3. The topological polar surface area (TPSA) is 46.5 Å². The predicted molar refractivity (Wildman–Crippen MR) is 72.5 cm³/mol. The molecule has 1 aromatic rings. The van der Waals surface area contributed by atoms with Crippen LogP contribution in [0.25, 0.3) is 5.57 Å². The molecule has 0 aliphatic rings. The maximum Gasteiger partial charge on any atom is 0.428 e. The third kappa shape index (κ3) is 3.64. The van der Waals surface area contributed by atoms with Crippen LogP contribution in [0.15, 0.2) is 30.8 Å². The zero-order valence-corrected chi connectivity index (χ0v) is 11.8. The van der Waals surface area contributed by atoms with E-state index in [1.807, 2.05) is 0 Å². The van der Waals surface area contributed by atoms with Crippen LogP contribution < -0.4 is 0 Å². The maximum atomic E-state index is 13.1. The van der Waals surface area contributed by atoms with Gasteiger partial charge in [-0.1, -0.05) is 30.8 Å². The number of hydrogen-bond acceptors (Lipinski definition) is 3. The lowest BCUT2D eigenvalue weighted by Gasteiger charge is -2.29. The summed E-state index contributed by atoms with van der Waals surface area (Å²) in [5.41, 5.74) is -2.41. The van der Waals surface area contributed by atoms with Gasteiger partial charge in [-0.05, 0) is 30.5 Å². The quantitative estimate of drug-likeness (QED) is 0.849. The Kier molecular flexibility index (Phi) is 5.17. The van der Waals surface area contributed by atoms with Gasteiger partial charge < -0.3 is 9.84 Å². The summed E-state index contributed by atoms with van der Waals surface area (Å²) < 4.78 is 43.5. The van der Waals surface area contributed by atoms with Crippen molar-refractivity contribution in [2.45, 2.75) is 32.0 Å². The summed E-state index contributed by atoms with van der Waals surface area (Å²) in [5, 5.41) is 9.81. The van der Waals surface area contributed by atoms with Gasteiger partial charge in [0.15, 0.2) is 0 Å². The number of aliphatic hydroxyl groups is 1. The van der Waals surface area contributed by atoms with Gasteiger partial charge >= 0.3 is 12.1 Å². The monoisotopic (exact) mass is 302 g/mol. The van der Waals surface area contributed by atoms with Crippen LogP contribution in [-0.4, -0.2) is 29.5 Å². The highest BCUT2D eigenvalue weighted by Crippen LogP contribution is 2.38. The second kappa shape index (κ2) is 6.30. The Bertz CT molecular complexity index is 537. The molecule has 0 aliphatic heterocycles. The van der Waals surface area contributed by atoms with Crippen LogP contribution in [0.4, 0.5) is 13.2 Å². The number of benzene rings is 1. The standard InChI is InChI=1S/C15H17F3O3/c1-4-21-13(19)14(20,15(16,17)18)9-11(3)12-8-6-5-7-10(12)2/h5-8,20H,3-4,9H2,1-2H3/t14-/m1/s1. The van der Waals surface area contributed by atoms with Crippen molar-refractivity contribution < 1.29 is 27.8 Å². The summed E-state index contributed by atoms with van der Waals surface area (Å²) in [6.45, 7) is 6.37. The molecule has 1 atom stereocenters. The average Bonchev–Trinajstić information content (AvgIpc) is 2.37. The Labute approximate surface area is 121 Å². The first-order valence-corrected chi connectivity index (χ1v) is 6.33. The summed E-state index contributed by atoms with van der Waals surface area (Å²) >= 11 is 0. The molecule has 1 rings (SSSR count). The van der Waals surface area contributed by atoms with E-state index in [2.05, 4.69) is 11.3 Å². The van der Waals surface area contributed by atoms with Gasteiger partial charge in [-0.15, -0.1) is 0 Å². The second-order valence-corrected chi connectivity index (χ2v) is 4.67. The maximum absolute atomic E-state index is 13.1. The number of esters is 1. The Morgan fingerprint density at radius 1 is 1.33 bits per heavy atom. The third-order valence-corrected chi connectivity index (χ3v) is 3.08. The van der Waals surface area contributed by atoms with Gasteiger partial charge in [0, 0.05) is 6.42 Å². The number of aryl methyl sites for hydroxylation is 1. The summed E-state index contributed by atoms with van der Waals surface area (Å²) in [6.07, 6.45) is -6.12. The molecule has 0 spiro atoms. The van der Waals surface area contributed by atoms with Crippen molar-refractivity contribution in [2.24, 2.45) is 0 Å². The van der Waals surface area contributed by atoms with Crippen LogP contribution in [0.5, 0.6) is 0 Å². The van der Waals surface area contributed by atoms with E-state index < -0.39 is 24.2 Å². The molecule has 21 heavy (non-hydrogen) atoms. The fraction of sp³-hybridized carbons (Fsp3) is 0.400. The summed E-state index contributed by atoms with van der Waals surface area (Å²) in [6, 6.07) is 6.66. The first-order valence-electron chi connectivity index (χ1n) is 6.33. The Morgan fingerprint density at radius 3 is 2.38 bits per heavy atom. The molecule has 0 fully saturated rings. The molecule has 0 aliphatic carbocycles. The molecule has 0 saturated carbocycles. The largest absolute Gasteiger partial charge is 0.464 e. The number of carbonyl (C=O) groups is 1. The molecule has 0 amide bonds. The molecule has 1 N–H and O–H groups in total. The first-order chi connectivity index (χ1) is 9.63. The molecule has 0 unspecified atom stereocenters. The molecule has 0 radical (unpaired) electrons. The summed E-state index contributed by atoms with van der Waals surface area (Å²) in [7, 11) is 0. The van der Waals surface area contributed by atoms with E-state index in [4.69, 9.17) is 0 Å². The fourth-order valence-corrected chi connectivity index (χ4v) is 1.91. The lowest BCUT2D eigenvalue weighted by molar-refractivity contribution is -0.260. The van der Waals surface area contributed by atoms with Crippen LogP contribution in [0.1, 0.15) is 24.5 Å². The lowest BCUT2D eigenvalue weighted by atomic mass is 9.89. The molecular weight excluding hydrogens is 285 g/mol. The molecule has 0 heterocycles. The lowest BCUT2D eigenvalue weighted by Crippen LogP contribution is -2.53. The molecule has 3 nitrogen and oxygen atoms in total. The summed E-state index contributed by atoms with van der Waals surface area (Å²) in [4.78, 5) is 11.5. The highest BCUT2D eigenvalue weighted by Gasteiger charge is 2.60. The molecule has 0 bridgehead atoms. The number of hydrogen-bond donors (Lipinski definition) is 1. The fourth-order valence-electron chi connectivity index (χ4n) is 1.91. The molecule has 0 saturated heterocycles. The Hall–Kier alpha value is -1.82. The van der Waals surface area contributed by atoms with Crippen molar-refractivity contribution in [3.63, 3.8) is 0 Å². The van der Waals surface area contributed by atoms with Gasteiger partial charge in [0.1, 0.15) is 0 Å². The molecule has 1 aromatic carbocycles. The van der Waals surface area contributed by atoms with Crippen molar-refractivity contribution in [3.8, 4) is 0 Å². The van der Waals surface area contributed by atoms with Crippen LogP contribution in [0, 0.1) is 6.92 Å². The van der Waals surface area contributed by atoms with Gasteiger partial charge in [0.2, 0.25) is 0 Å². The Balaban J connectivity index is 3.11. The Morgan fingerprint density at radius 2 is 1.90 bits per heavy atom. The van der Waals surface area contributed by atoms with E-state index >= 15 is 0 Å². The average molecular weight is 302 g/mol. The zero-order valence-electron chi connectivity index (χ0n) is 11.8. The second-order valence-electron chi connectivity index (χ2n) is 4.67. The van der Waals surface area contributed by atoms with Crippen molar-refractivity contribution in [3.05, 3.63) is 42.0 Å². The SMILES string of the molecule is C=C(C[C@@](O)(C(=O)OCC)C(F)(F)F)c1ccccc1C. The molecule has 0 aromatic heterocycles. The van der Waals surface area contributed by atoms with Crippen molar-refractivity contribution in [2.75, 3.05) is 6.61 Å². The van der Waals surface area contributed by atoms with Gasteiger partial charge in [0.05, 0.1) is 6.61 Å². The first kappa shape index (κ1) is 17.2. The van der Waals surface area contributed by atoms with Crippen molar-refractivity contribution in [1.29, 1.82) is 0 Å². The van der Waals surface area contributed by atoms with Crippen molar-refractivity contribution >= 4 is 11.5 Å². The third-order valence-electron chi connectivity index (χ3n) is 3.08. The van der Waals surface area contributed by atoms with Gasteiger partial charge in [0.25, 0.3) is 5.60 Å². The number of halogens is 3. The predicted octanol–water partition coefficient (Wildman–Crippen LogP) is 3.25. The van der Waals surface area contributed by atoms with Crippen LogP contribution >= 0.6 is 0 Å². The normalized spacial score (nSPS) is 14.4. The van der Waals surface area contributed by atoms with E-state index in [-0.39, 0.29) is 12.2 Å². The minimum atomic E-state index is -5.15. The van der Waals surface area contributed by atoms with Crippen molar-refractivity contribution in [1.82, 2.24) is 0 Å². The van der Waals surface area contributed by atoms with E-state index in [9.17, 15) is 23.1 Å². The summed E-state index contributed by atoms with van der Waals surface area (Å²) in [5.74, 6) is -1.72. The molecule has 6 heteroatoms. The number of carbonyl (C=O) groups excluding carboxylic acids is 1. The zero-order chi connectivity index (χ0) is 16.3. The van der Waals surface area contributed by atoms with Gasteiger partial charge in [-0.2, -0.15) is 13.2 Å². The molecular formula is C15H17F3O3. The number of rotatable bonds is 5. The highest BCUT2D eigenvalue weighted by atomic mass is 19.4. The number of ether oxygens (including phenoxy) is 1. The van der Waals surface area contributed by atoms with E-state index in [0.29, 0.717) is 11.1 Å². The highest BCUT2D eigenvalue weighted by molar-refractivity contribution is 5.84. The minimum absolute atomic E-state index is 0.0148. The van der Waals surface area contributed by atoms with Crippen LogP contribution in [-0.2, 0) is 9.53 Å². The molecule has 116 valence electrons. The van der Waals surface area contributed by atoms with E-state index in [0.717, 1.165) is 0 Å². The van der Waals surface area contributed by atoms with Crippen LogP contribution in [0.3, 0.4) is 0 Å². The van der Waals surface area contributed by atoms with E-state index in [1.165, 1.54) is 6.92 Å². The van der Waals surface area contributed by atoms with Gasteiger partial charge in [-0.25, -0.2) is 4.79 Å². The minimum Gasteiger partial charge on any atom is -0.464 e. The van der Waals surface area contributed by atoms with Crippen LogP contribution in [0.2, 0.25) is 0 Å². The van der Waals surface area contributed by atoms with Gasteiger partial charge in [-0.3, -0.25) is 0 Å². The van der Waals surface area contributed by atoms with E-state index in [1.54, 1.807) is 31.2 Å².